The highest BCUT2D eigenvalue weighted by Crippen LogP contribution is 2.25. The quantitative estimate of drug-likeness (QED) is 0.594. The van der Waals surface area contributed by atoms with Crippen molar-refractivity contribution in [2.24, 2.45) is 0 Å². The molecule has 1 amide bonds. The fourth-order valence-corrected chi connectivity index (χ4v) is 2.46. The molecule has 0 aliphatic carbocycles. The van der Waals surface area contributed by atoms with Crippen molar-refractivity contribution in [2.45, 2.75) is 0 Å². The number of anilines is 1. The van der Waals surface area contributed by atoms with Crippen LogP contribution in [0.5, 0.6) is 5.88 Å². The average Bonchev–Trinajstić information content (AvgIpc) is 3.31. The van der Waals surface area contributed by atoms with E-state index in [0.29, 0.717) is 22.7 Å². The van der Waals surface area contributed by atoms with Crippen LogP contribution in [0.25, 0.3) is 22.2 Å². The number of rotatable bonds is 4. The average molecular weight is 335 g/mol. The first-order chi connectivity index (χ1) is 12.2. The number of methoxy groups -OCH3 is 1. The maximum absolute atomic E-state index is 12.6. The fraction of sp³-hybridized carbons (Fsp3) is 0.0588. The minimum absolute atomic E-state index is 0.284. The molecular formula is C17H13N5O3. The van der Waals surface area contributed by atoms with Crippen LogP contribution in [0, 0.1) is 0 Å². The molecule has 0 bridgehead atoms. The summed E-state index contributed by atoms with van der Waals surface area (Å²) in [6.45, 7) is 0. The number of nitrogens with one attached hydrogen (secondary N) is 2. The first-order valence-corrected chi connectivity index (χ1v) is 7.43. The lowest BCUT2D eigenvalue weighted by atomic mass is 10.1. The van der Waals surface area contributed by atoms with E-state index in [-0.39, 0.29) is 11.6 Å². The van der Waals surface area contributed by atoms with Gasteiger partial charge in [0.1, 0.15) is 0 Å². The number of ether oxygens (including phenoxy) is 1. The van der Waals surface area contributed by atoms with Gasteiger partial charge in [-0.25, -0.2) is 9.97 Å². The Bertz CT molecular complexity index is 1020. The monoisotopic (exact) mass is 335 g/mol. The second-order valence-corrected chi connectivity index (χ2v) is 5.24. The molecule has 8 heteroatoms. The number of H-pyrrole nitrogens is 1. The molecule has 124 valence electrons. The Morgan fingerprint density at radius 1 is 1.24 bits per heavy atom. The van der Waals surface area contributed by atoms with Crippen molar-refractivity contribution in [2.75, 3.05) is 12.4 Å². The first-order valence-electron chi connectivity index (χ1n) is 7.43. The van der Waals surface area contributed by atoms with Crippen molar-refractivity contribution in [1.82, 2.24) is 20.2 Å². The summed E-state index contributed by atoms with van der Waals surface area (Å²) in [5.41, 5.74) is 2.40. The zero-order chi connectivity index (χ0) is 17.2. The van der Waals surface area contributed by atoms with Crippen molar-refractivity contribution < 1.29 is 13.9 Å². The van der Waals surface area contributed by atoms with E-state index in [2.05, 4.69) is 25.5 Å². The van der Waals surface area contributed by atoms with E-state index in [4.69, 9.17) is 9.15 Å². The molecule has 0 saturated carbocycles. The molecule has 1 aromatic carbocycles. The van der Waals surface area contributed by atoms with Crippen LogP contribution in [-0.4, -0.2) is 33.2 Å². The van der Waals surface area contributed by atoms with Gasteiger partial charge in [-0.2, -0.15) is 5.10 Å². The van der Waals surface area contributed by atoms with Gasteiger partial charge in [0.15, 0.2) is 17.8 Å². The number of hydrogen-bond donors (Lipinski definition) is 2. The van der Waals surface area contributed by atoms with Crippen molar-refractivity contribution >= 4 is 22.5 Å². The second kappa shape index (κ2) is 6.08. The summed E-state index contributed by atoms with van der Waals surface area (Å²) in [5.74, 6) is 0.752. The van der Waals surface area contributed by atoms with Gasteiger partial charge in [-0.1, -0.05) is 0 Å². The highest BCUT2D eigenvalue weighted by atomic mass is 16.5. The van der Waals surface area contributed by atoms with Crippen LogP contribution < -0.4 is 10.1 Å². The molecule has 0 aliphatic heterocycles. The van der Waals surface area contributed by atoms with Gasteiger partial charge in [-0.15, -0.1) is 0 Å². The zero-order valence-electron chi connectivity index (χ0n) is 13.2. The predicted octanol–water partition coefficient (Wildman–Crippen LogP) is 2.87. The van der Waals surface area contributed by atoms with E-state index >= 15 is 0 Å². The number of oxazole rings is 1. The molecule has 0 saturated heterocycles. The lowest BCUT2D eigenvalue weighted by Crippen LogP contribution is -2.13. The topological polar surface area (TPSA) is 106 Å². The molecule has 0 fully saturated rings. The van der Waals surface area contributed by atoms with Gasteiger partial charge in [0.25, 0.3) is 5.91 Å². The van der Waals surface area contributed by atoms with Crippen LogP contribution in [0.15, 0.2) is 53.5 Å². The summed E-state index contributed by atoms with van der Waals surface area (Å²) in [7, 11) is 1.53. The van der Waals surface area contributed by atoms with Crippen LogP contribution in [-0.2, 0) is 0 Å². The van der Waals surface area contributed by atoms with Crippen LogP contribution >= 0.6 is 0 Å². The molecule has 0 unspecified atom stereocenters. The third kappa shape index (κ3) is 2.80. The number of carbonyl (C=O) groups is 1. The predicted molar refractivity (Wildman–Crippen MR) is 90.3 cm³/mol. The molecule has 4 aromatic rings. The van der Waals surface area contributed by atoms with Crippen LogP contribution in [0.2, 0.25) is 0 Å². The van der Waals surface area contributed by atoms with Crippen LogP contribution in [0.4, 0.5) is 5.69 Å². The SMILES string of the molecule is COc1ccc(NC(=O)c2n[nH]c3ccc(-c4cnco4)cc23)cn1. The number of benzene rings is 1. The fourth-order valence-electron chi connectivity index (χ4n) is 2.46. The summed E-state index contributed by atoms with van der Waals surface area (Å²) in [5, 5.41) is 10.4. The van der Waals surface area contributed by atoms with Crippen molar-refractivity contribution in [3.8, 4) is 17.2 Å². The number of aromatic nitrogens is 4. The van der Waals surface area contributed by atoms with Gasteiger partial charge in [-0.3, -0.25) is 9.89 Å². The van der Waals surface area contributed by atoms with Gasteiger partial charge in [0.2, 0.25) is 5.88 Å². The van der Waals surface area contributed by atoms with E-state index < -0.39 is 0 Å². The van der Waals surface area contributed by atoms with E-state index in [0.717, 1.165) is 11.1 Å². The number of amides is 1. The van der Waals surface area contributed by atoms with Crippen molar-refractivity contribution in [3.05, 3.63) is 54.8 Å². The molecule has 2 N–H and O–H groups in total. The molecule has 8 nitrogen and oxygen atoms in total. The van der Waals surface area contributed by atoms with Gasteiger partial charge < -0.3 is 14.5 Å². The molecule has 0 atom stereocenters. The normalized spacial score (nSPS) is 10.8. The summed E-state index contributed by atoms with van der Waals surface area (Å²) in [6, 6.07) is 8.92. The number of carbonyl (C=O) groups excluding carboxylic acids is 1. The van der Waals surface area contributed by atoms with Gasteiger partial charge >= 0.3 is 0 Å². The lowest BCUT2D eigenvalue weighted by molar-refractivity contribution is 0.102. The standard InChI is InChI=1S/C17H13N5O3/c1-24-15-5-3-11(7-19-15)20-17(23)16-12-6-10(14-8-18-9-25-14)2-4-13(12)21-22-16/h2-9H,1H3,(H,20,23)(H,21,22). The van der Waals surface area contributed by atoms with Crippen LogP contribution in [0.3, 0.4) is 0 Å². The molecule has 3 heterocycles. The Balaban J connectivity index is 1.65. The molecule has 0 aliphatic rings. The Labute approximate surface area is 141 Å². The largest absolute Gasteiger partial charge is 0.481 e. The number of nitrogens with zero attached hydrogens (tertiary/aromatic N) is 3. The van der Waals surface area contributed by atoms with Gasteiger partial charge in [0, 0.05) is 17.0 Å². The molecular weight excluding hydrogens is 322 g/mol. The Morgan fingerprint density at radius 3 is 2.88 bits per heavy atom. The number of aromatic amines is 1. The highest BCUT2D eigenvalue weighted by Gasteiger charge is 2.16. The summed E-state index contributed by atoms with van der Waals surface area (Å²) < 4.78 is 10.3. The van der Waals surface area contributed by atoms with Crippen molar-refractivity contribution in [3.63, 3.8) is 0 Å². The Morgan fingerprint density at radius 2 is 2.16 bits per heavy atom. The minimum Gasteiger partial charge on any atom is -0.481 e. The Kier molecular flexibility index (Phi) is 3.62. The minimum atomic E-state index is -0.340. The lowest BCUT2D eigenvalue weighted by Gasteiger charge is -2.04. The van der Waals surface area contributed by atoms with E-state index in [1.165, 1.54) is 19.7 Å². The third-order valence-electron chi connectivity index (χ3n) is 3.70. The van der Waals surface area contributed by atoms with Gasteiger partial charge in [0.05, 0.1) is 30.7 Å². The van der Waals surface area contributed by atoms with Crippen molar-refractivity contribution in [1.29, 1.82) is 0 Å². The first kappa shape index (κ1) is 14.9. The number of hydrogen-bond acceptors (Lipinski definition) is 6. The molecule has 25 heavy (non-hydrogen) atoms. The number of pyridine rings is 1. The second-order valence-electron chi connectivity index (χ2n) is 5.24. The van der Waals surface area contributed by atoms with E-state index in [1.807, 2.05) is 18.2 Å². The highest BCUT2D eigenvalue weighted by molar-refractivity contribution is 6.11. The Hall–Kier alpha value is -3.68. The smallest absolute Gasteiger partial charge is 0.276 e. The molecule has 3 aromatic heterocycles. The van der Waals surface area contributed by atoms with Gasteiger partial charge in [-0.05, 0) is 24.3 Å². The molecule has 0 radical (unpaired) electrons. The molecule has 4 rings (SSSR count). The summed E-state index contributed by atoms with van der Waals surface area (Å²) in [4.78, 5) is 20.5. The molecule has 0 spiro atoms. The van der Waals surface area contributed by atoms with E-state index in [9.17, 15) is 4.79 Å². The number of fused-ring (bicyclic) bond motifs is 1. The summed E-state index contributed by atoms with van der Waals surface area (Å²) >= 11 is 0. The third-order valence-corrected chi connectivity index (χ3v) is 3.70. The van der Waals surface area contributed by atoms with Crippen LogP contribution in [0.1, 0.15) is 10.5 Å². The van der Waals surface area contributed by atoms with E-state index in [1.54, 1.807) is 18.3 Å². The maximum atomic E-state index is 12.6. The summed E-state index contributed by atoms with van der Waals surface area (Å²) in [6.07, 6.45) is 4.49. The zero-order valence-corrected chi connectivity index (χ0v) is 13.2. The maximum Gasteiger partial charge on any atom is 0.276 e.